The predicted octanol–water partition coefficient (Wildman–Crippen LogP) is 2.75. The van der Waals surface area contributed by atoms with Gasteiger partial charge in [0.05, 0.1) is 18.7 Å². The molecule has 0 spiro atoms. The molecule has 1 heterocycles. The summed E-state index contributed by atoms with van der Waals surface area (Å²) in [5.74, 6) is 0.0703. The number of amides is 2. The number of methoxy groups -OCH3 is 1. The number of nitrogens with one attached hydrogen (secondary N) is 1. The van der Waals surface area contributed by atoms with Crippen LogP contribution in [0.25, 0.3) is 0 Å². The molecular formula is C18H22N2O4S. The van der Waals surface area contributed by atoms with Crippen LogP contribution in [0.1, 0.15) is 35.1 Å². The first-order valence-electron chi connectivity index (χ1n) is 7.85. The second kappa shape index (κ2) is 8.53. The van der Waals surface area contributed by atoms with Crippen molar-refractivity contribution in [1.82, 2.24) is 5.32 Å². The van der Waals surface area contributed by atoms with E-state index in [-0.39, 0.29) is 35.8 Å². The Bertz CT molecular complexity index is 729. The van der Waals surface area contributed by atoms with E-state index in [1.165, 1.54) is 19.2 Å². The van der Waals surface area contributed by atoms with Gasteiger partial charge >= 0.3 is 0 Å². The Morgan fingerprint density at radius 1 is 1.28 bits per heavy atom. The highest BCUT2D eigenvalue weighted by atomic mass is 32.1. The Morgan fingerprint density at radius 3 is 2.60 bits per heavy atom. The quantitative estimate of drug-likeness (QED) is 0.755. The van der Waals surface area contributed by atoms with Crippen LogP contribution in [0.5, 0.6) is 11.5 Å². The summed E-state index contributed by atoms with van der Waals surface area (Å²) in [6.07, 6.45) is 0. The predicted molar refractivity (Wildman–Crippen MR) is 97.0 cm³/mol. The minimum atomic E-state index is -0.628. The summed E-state index contributed by atoms with van der Waals surface area (Å²) >= 11 is 1.59. The van der Waals surface area contributed by atoms with Crippen molar-refractivity contribution in [2.45, 2.75) is 19.9 Å². The van der Waals surface area contributed by atoms with E-state index in [4.69, 9.17) is 15.2 Å². The zero-order valence-electron chi connectivity index (χ0n) is 14.4. The van der Waals surface area contributed by atoms with Crippen LogP contribution in [0.15, 0.2) is 35.7 Å². The van der Waals surface area contributed by atoms with E-state index in [2.05, 4.69) is 5.32 Å². The van der Waals surface area contributed by atoms with Gasteiger partial charge in [-0.2, -0.15) is 0 Å². The molecule has 0 saturated heterocycles. The lowest BCUT2D eigenvalue weighted by Crippen LogP contribution is -2.35. The number of ether oxygens (including phenoxy) is 2. The largest absolute Gasteiger partial charge is 0.497 e. The fourth-order valence-corrected chi connectivity index (χ4v) is 3.29. The Kier molecular flexibility index (Phi) is 6.41. The minimum absolute atomic E-state index is 0.0861. The molecule has 6 nitrogen and oxygen atoms in total. The van der Waals surface area contributed by atoms with Gasteiger partial charge in [0.15, 0.2) is 6.61 Å². The molecule has 0 bridgehead atoms. The van der Waals surface area contributed by atoms with Gasteiger partial charge in [-0.1, -0.05) is 19.9 Å². The zero-order chi connectivity index (χ0) is 18.4. The van der Waals surface area contributed by atoms with Crippen LogP contribution >= 0.6 is 11.3 Å². The smallest absolute Gasteiger partial charge is 0.258 e. The Labute approximate surface area is 150 Å². The van der Waals surface area contributed by atoms with Crippen LogP contribution in [-0.4, -0.2) is 25.5 Å². The number of carbonyl (C=O) groups is 2. The van der Waals surface area contributed by atoms with Crippen molar-refractivity contribution < 1.29 is 19.1 Å². The molecule has 2 rings (SSSR count). The van der Waals surface area contributed by atoms with Gasteiger partial charge in [-0.3, -0.25) is 9.59 Å². The van der Waals surface area contributed by atoms with Crippen molar-refractivity contribution >= 4 is 23.2 Å². The van der Waals surface area contributed by atoms with Crippen LogP contribution in [-0.2, 0) is 4.79 Å². The van der Waals surface area contributed by atoms with Gasteiger partial charge in [0.2, 0.25) is 0 Å². The summed E-state index contributed by atoms with van der Waals surface area (Å²) in [4.78, 5) is 24.9. The van der Waals surface area contributed by atoms with Crippen LogP contribution in [0.3, 0.4) is 0 Å². The molecule has 134 valence electrons. The van der Waals surface area contributed by atoms with Crippen molar-refractivity contribution in [3.05, 3.63) is 46.2 Å². The van der Waals surface area contributed by atoms with Crippen LogP contribution in [0.2, 0.25) is 0 Å². The number of rotatable bonds is 8. The molecule has 0 radical (unpaired) electrons. The van der Waals surface area contributed by atoms with Crippen LogP contribution in [0, 0.1) is 5.92 Å². The molecule has 2 aromatic rings. The second-order valence-electron chi connectivity index (χ2n) is 5.82. The molecule has 7 heteroatoms. The molecule has 1 aromatic heterocycles. The van der Waals surface area contributed by atoms with Crippen molar-refractivity contribution in [2.75, 3.05) is 13.7 Å². The van der Waals surface area contributed by atoms with E-state index in [1.54, 1.807) is 17.4 Å². The molecule has 2 amide bonds. The van der Waals surface area contributed by atoms with Crippen molar-refractivity contribution in [1.29, 1.82) is 0 Å². The first kappa shape index (κ1) is 18.8. The second-order valence-corrected chi connectivity index (χ2v) is 6.80. The molecule has 0 aliphatic carbocycles. The van der Waals surface area contributed by atoms with E-state index in [0.29, 0.717) is 5.75 Å². The molecule has 3 N–H and O–H groups in total. The lowest BCUT2D eigenvalue weighted by Gasteiger charge is -2.21. The molecule has 25 heavy (non-hydrogen) atoms. The van der Waals surface area contributed by atoms with Crippen LogP contribution < -0.4 is 20.5 Å². The summed E-state index contributed by atoms with van der Waals surface area (Å²) in [6.45, 7) is 3.86. The summed E-state index contributed by atoms with van der Waals surface area (Å²) in [6, 6.07) is 8.51. The first-order valence-corrected chi connectivity index (χ1v) is 8.73. The standard InChI is InChI=1S/C18H22N2O4S/c1-11(2)17(15-5-4-8-25-15)20-16(21)10-24-14-9-12(23-3)6-7-13(14)18(19)22/h4-9,11,17H,10H2,1-3H3,(H2,19,22)(H,20,21). The van der Waals surface area contributed by atoms with Gasteiger partial charge < -0.3 is 20.5 Å². The fraction of sp³-hybridized carbons (Fsp3) is 0.333. The number of hydrogen-bond donors (Lipinski definition) is 2. The molecule has 1 aromatic carbocycles. The number of carbonyl (C=O) groups excluding carboxylic acids is 2. The van der Waals surface area contributed by atoms with E-state index in [1.807, 2.05) is 31.4 Å². The summed E-state index contributed by atoms with van der Waals surface area (Å²) < 4.78 is 10.6. The molecule has 0 aliphatic rings. The summed E-state index contributed by atoms with van der Waals surface area (Å²) in [5, 5.41) is 4.94. The highest BCUT2D eigenvalue weighted by Gasteiger charge is 2.20. The van der Waals surface area contributed by atoms with Gasteiger partial charge in [-0.05, 0) is 29.5 Å². The lowest BCUT2D eigenvalue weighted by atomic mass is 10.0. The number of nitrogens with two attached hydrogens (primary N) is 1. The van der Waals surface area contributed by atoms with Crippen molar-refractivity contribution in [3.63, 3.8) is 0 Å². The topological polar surface area (TPSA) is 90.7 Å². The molecule has 1 unspecified atom stereocenters. The maximum absolute atomic E-state index is 12.3. The third-order valence-corrected chi connectivity index (χ3v) is 4.60. The number of thiophene rings is 1. The highest BCUT2D eigenvalue weighted by molar-refractivity contribution is 7.10. The molecule has 0 aliphatic heterocycles. The lowest BCUT2D eigenvalue weighted by molar-refractivity contribution is -0.124. The van der Waals surface area contributed by atoms with Gasteiger partial charge in [-0.25, -0.2) is 0 Å². The SMILES string of the molecule is COc1ccc(C(N)=O)c(OCC(=O)NC(c2cccs2)C(C)C)c1. The maximum atomic E-state index is 12.3. The minimum Gasteiger partial charge on any atom is -0.497 e. The van der Waals surface area contributed by atoms with E-state index in [0.717, 1.165) is 4.88 Å². The summed E-state index contributed by atoms with van der Waals surface area (Å²) in [5.41, 5.74) is 5.54. The van der Waals surface area contributed by atoms with Gasteiger partial charge in [-0.15, -0.1) is 11.3 Å². The molecule has 0 saturated carbocycles. The van der Waals surface area contributed by atoms with E-state index >= 15 is 0 Å². The number of benzene rings is 1. The number of hydrogen-bond acceptors (Lipinski definition) is 5. The first-order chi connectivity index (χ1) is 11.9. The molecule has 1 atom stereocenters. The molecule has 0 fully saturated rings. The van der Waals surface area contributed by atoms with Gasteiger partial charge in [0.1, 0.15) is 11.5 Å². The Balaban J connectivity index is 2.05. The zero-order valence-corrected chi connectivity index (χ0v) is 15.3. The third kappa shape index (κ3) is 4.96. The highest BCUT2D eigenvalue weighted by Crippen LogP contribution is 2.26. The average Bonchev–Trinajstić information content (AvgIpc) is 3.11. The average molecular weight is 362 g/mol. The normalized spacial score (nSPS) is 11.8. The van der Waals surface area contributed by atoms with Gasteiger partial charge in [0, 0.05) is 10.9 Å². The molecular weight excluding hydrogens is 340 g/mol. The Morgan fingerprint density at radius 2 is 2.04 bits per heavy atom. The number of primary amides is 1. The Hall–Kier alpha value is -2.54. The van der Waals surface area contributed by atoms with Crippen LogP contribution in [0.4, 0.5) is 0 Å². The fourth-order valence-electron chi connectivity index (χ4n) is 2.35. The van der Waals surface area contributed by atoms with Gasteiger partial charge in [0.25, 0.3) is 11.8 Å². The van der Waals surface area contributed by atoms with E-state index in [9.17, 15) is 9.59 Å². The monoisotopic (exact) mass is 362 g/mol. The van der Waals surface area contributed by atoms with E-state index < -0.39 is 5.91 Å². The summed E-state index contributed by atoms with van der Waals surface area (Å²) in [7, 11) is 1.50. The van der Waals surface area contributed by atoms with Crippen molar-refractivity contribution in [3.8, 4) is 11.5 Å². The van der Waals surface area contributed by atoms with Crippen molar-refractivity contribution in [2.24, 2.45) is 11.7 Å². The maximum Gasteiger partial charge on any atom is 0.258 e. The third-order valence-electron chi connectivity index (χ3n) is 3.65.